The largest absolute Gasteiger partial charge is 0.481 e. The predicted octanol–water partition coefficient (Wildman–Crippen LogP) is 3.07. The molecule has 7 heteroatoms. The molecule has 2 aliphatic rings. The maximum atomic E-state index is 14.2. The molecule has 0 bridgehead atoms. The maximum Gasteiger partial charge on any atom is 0.303 e. The van der Waals surface area contributed by atoms with Crippen LogP contribution in [0.3, 0.4) is 0 Å². The van der Waals surface area contributed by atoms with Crippen molar-refractivity contribution in [2.45, 2.75) is 69.9 Å². The fourth-order valence-corrected chi connectivity index (χ4v) is 3.60. The van der Waals surface area contributed by atoms with E-state index in [-0.39, 0.29) is 72.6 Å². The van der Waals surface area contributed by atoms with E-state index in [1.807, 2.05) is 12.2 Å². The number of carboxylic acids is 1. The molecule has 141 valence electrons. The SMILES string of the molecule is O=C(O)CCC/C=C\C[C@@H]1[C@@H](CO)[C@@H](F)C[C@@H]1OC1CCCCO1.[Pr]. The molecular formula is C18H29FO5Pr. The minimum Gasteiger partial charge on any atom is -0.481 e. The summed E-state index contributed by atoms with van der Waals surface area (Å²) in [6, 6.07) is 0. The summed E-state index contributed by atoms with van der Waals surface area (Å²) in [5.74, 6) is -1.26. The maximum absolute atomic E-state index is 14.2. The molecule has 0 aromatic carbocycles. The molecule has 1 aliphatic heterocycles. The van der Waals surface area contributed by atoms with Crippen molar-refractivity contribution in [2.24, 2.45) is 11.8 Å². The second kappa shape index (κ2) is 12.7. The van der Waals surface area contributed by atoms with Crippen LogP contribution in [0.4, 0.5) is 4.39 Å². The first-order chi connectivity index (χ1) is 11.6. The van der Waals surface area contributed by atoms with E-state index in [0.717, 1.165) is 19.3 Å². The minimum absolute atomic E-state index is 0. The molecule has 2 N–H and O–H groups in total. The molecule has 1 unspecified atom stereocenters. The molecule has 1 heterocycles. The molecule has 5 nitrogen and oxygen atoms in total. The Bertz CT molecular complexity index is 414. The van der Waals surface area contributed by atoms with Gasteiger partial charge in [0.15, 0.2) is 6.29 Å². The summed E-state index contributed by atoms with van der Waals surface area (Å²) in [5, 5.41) is 18.1. The first-order valence-corrected chi connectivity index (χ1v) is 9.00. The van der Waals surface area contributed by atoms with Gasteiger partial charge in [-0.1, -0.05) is 12.2 Å². The number of alkyl halides is 1. The molecule has 1 saturated carbocycles. The molecule has 25 heavy (non-hydrogen) atoms. The third-order valence-electron chi connectivity index (χ3n) is 4.96. The van der Waals surface area contributed by atoms with E-state index in [1.165, 1.54) is 0 Å². The Morgan fingerprint density at radius 3 is 2.72 bits per heavy atom. The Morgan fingerprint density at radius 1 is 1.28 bits per heavy atom. The number of aliphatic carboxylic acids is 1. The molecular weight excluding hydrogens is 456 g/mol. The number of rotatable bonds is 9. The predicted molar refractivity (Wildman–Crippen MR) is 87.3 cm³/mol. The second-order valence-electron chi connectivity index (χ2n) is 6.73. The average molecular weight is 485 g/mol. The van der Waals surface area contributed by atoms with E-state index >= 15 is 0 Å². The van der Waals surface area contributed by atoms with Crippen LogP contribution in [0.15, 0.2) is 12.2 Å². The van der Waals surface area contributed by atoms with Gasteiger partial charge in [-0.2, -0.15) is 0 Å². The van der Waals surface area contributed by atoms with Crippen molar-refractivity contribution in [3.05, 3.63) is 12.2 Å². The van der Waals surface area contributed by atoms with Crippen molar-refractivity contribution in [2.75, 3.05) is 13.2 Å². The van der Waals surface area contributed by atoms with Gasteiger partial charge >= 0.3 is 5.97 Å². The molecule has 2 fully saturated rings. The molecule has 5 atom stereocenters. The number of ether oxygens (including phenoxy) is 2. The molecule has 1 saturated heterocycles. The zero-order valence-corrected chi connectivity index (χ0v) is 18.4. The van der Waals surface area contributed by atoms with Gasteiger partial charge in [0.2, 0.25) is 0 Å². The van der Waals surface area contributed by atoms with Crippen LogP contribution >= 0.6 is 0 Å². The van der Waals surface area contributed by atoms with Crippen LogP contribution in [0, 0.1) is 53.1 Å². The zero-order chi connectivity index (χ0) is 17.4. The average Bonchev–Trinajstić information content (AvgIpc) is 2.86. The van der Waals surface area contributed by atoms with Crippen molar-refractivity contribution in [3.8, 4) is 0 Å². The second-order valence-corrected chi connectivity index (χ2v) is 6.73. The standard InChI is InChI=1S/C18H29FO5.Pr/c19-15-11-16(24-18-9-5-6-10-23-18)13(14(15)12-20)7-3-1-2-4-8-17(21)22;/h1,3,13-16,18,20H,2,4-12H2,(H,21,22);/b3-1-;/t13-,14-,15+,16+,18?;/m1./s1. The fraction of sp³-hybridized carbons (Fsp3) is 0.833. The van der Waals surface area contributed by atoms with E-state index in [1.54, 1.807) is 0 Å². The van der Waals surface area contributed by atoms with Gasteiger partial charge in [0.05, 0.1) is 6.10 Å². The molecule has 0 spiro atoms. The van der Waals surface area contributed by atoms with Gasteiger partial charge in [-0.25, -0.2) is 4.39 Å². The number of unbranched alkanes of at least 4 members (excludes halogenated alkanes) is 1. The van der Waals surface area contributed by atoms with Crippen molar-refractivity contribution < 1.29 is 70.2 Å². The summed E-state index contributed by atoms with van der Waals surface area (Å²) in [5.41, 5.74) is 0. The number of hydrogen-bond donors (Lipinski definition) is 2. The summed E-state index contributed by atoms with van der Waals surface area (Å²) in [7, 11) is 0. The first kappa shape index (κ1) is 23.4. The van der Waals surface area contributed by atoms with E-state index in [0.29, 0.717) is 32.3 Å². The van der Waals surface area contributed by atoms with Gasteiger partial charge in [0.1, 0.15) is 6.17 Å². The Hall–Kier alpha value is 0.384. The Balaban J connectivity index is 0.00000312. The number of carbonyl (C=O) groups is 1. The van der Waals surface area contributed by atoms with Crippen molar-refractivity contribution in [3.63, 3.8) is 0 Å². The summed E-state index contributed by atoms with van der Waals surface area (Å²) >= 11 is 0. The number of allylic oxidation sites excluding steroid dienone is 2. The van der Waals surface area contributed by atoms with Gasteiger partial charge < -0.3 is 19.7 Å². The first-order valence-electron chi connectivity index (χ1n) is 9.00. The monoisotopic (exact) mass is 485 g/mol. The number of halogens is 1. The van der Waals surface area contributed by atoms with E-state index in [4.69, 9.17) is 14.6 Å². The Kier molecular flexibility index (Phi) is 11.9. The van der Waals surface area contributed by atoms with Gasteiger partial charge in [0.25, 0.3) is 0 Å². The number of aliphatic hydroxyl groups excluding tert-OH is 1. The van der Waals surface area contributed by atoms with Crippen LogP contribution in [0.2, 0.25) is 0 Å². The molecule has 0 aromatic rings. The van der Waals surface area contributed by atoms with E-state index < -0.39 is 18.1 Å². The van der Waals surface area contributed by atoms with Crippen LogP contribution in [0.25, 0.3) is 0 Å². The summed E-state index contributed by atoms with van der Waals surface area (Å²) < 4.78 is 25.8. The summed E-state index contributed by atoms with van der Waals surface area (Å²) in [6.45, 7) is 0.512. The van der Waals surface area contributed by atoms with Crippen LogP contribution in [0.1, 0.15) is 51.4 Å². The molecule has 0 amide bonds. The third kappa shape index (κ3) is 7.88. The number of hydrogen-bond acceptors (Lipinski definition) is 4. The Labute approximate surface area is 182 Å². The van der Waals surface area contributed by atoms with E-state index in [9.17, 15) is 14.3 Å². The van der Waals surface area contributed by atoms with Crippen LogP contribution < -0.4 is 0 Å². The number of carboxylic acid groups (broad SMARTS) is 1. The van der Waals surface area contributed by atoms with Crippen molar-refractivity contribution >= 4 is 5.97 Å². The van der Waals surface area contributed by atoms with Crippen LogP contribution in [-0.2, 0) is 14.3 Å². The van der Waals surface area contributed by atoms with Gasteiger partial charge in [-0.05, 0) is 44.4 Å². The van der Waals surface area contributed by atoms with Gasteiger partial charge in [0, 0.05) is 73.3 Å². The zero-order valence-electron chi connectivity index (χ0n) is 14.7. The number of aliphatic hydroxyl groups is 1. The molecule has 0 aromatic heterocycles. The Morgan fingerprint density at radius 2 is 2.08 bits per heavy atom. The molecule has 2 rings (SSSR count). The smallest absolute Gasteiger partial charge is 0.303 e. The molecule has 1 aliphatic carbocycles. The van der Waals surface area contributed by atoms with Gasteiger partial charge in [-0.3, -0.25) is 4.79 Å². The molecule has 1 radical (unpaired) electrons. The normalized spacial score (nSPS) is 32.6. The summed E-state index contributed by atoms with van der Waals surface area (Å²) in [6.07, 6.45) is 7.71. The third-order valence-corrected chi connectivity index (χ3v) is 4.96. The summed E-state index contributed by atoms with van der Waals surface area (Å²) in [4.78, 5) is 10.5. The van der Waals surface area contributed by atoms with Crippen LogP contribution in [0.5, 0.6) is 0 Å². The van der Waals surface area contributed by atoms with Crippen molar-refractivity contribution in [1.82, 2.24) is 0 Å². The quantitative estimate of drug-likeness (QED) is 0.388. The van der Waals surface area contributed by atoms with E-state index in [2.05, 4.69) is 0 Å². The minimum atomic E-state index is -1.05. The van der Waals surface area contributed by atoms with Crippen molar-refractivity contribution in [1.29, 1.82) is 0 Å². The topological polar surface area (TPSA) is 76.0 Å². The van der Waals surface area contributed by atoms with Crippen LogP contribution in [-0.4, -0.2) is 48.0 Å². The van der Waals surface area contributed by atoms with Gasteiger partial charge in [-0.15, -0.1) is 0 Å². The fourth-order valence-electron chi connectivity index (χ4n) is 3.60.